The number of halogens is 2. The fourth-order valence-corrected chi connectivity index (χ4v) is 4.51. The van der Waals surface area contributed by atoms with E-state index >= 15 is 0 Å². The fraction of sp³-hybridized carbons (Fsp3) is 0.632. The van der Waals surface area contributed by atoms with Crippen LogP contribution in [0.3, 0.4) is 0 Å². The van der Waals surface area contributed by atoms with Crippen molar-refractivity contribution in [1.82, 2.24) is 5.32 Å². The van der Waals surface area contributed by atoms with Crippen LogP contribution in [-0.4, -0.2) is 45.9 Å². The van der Waals surface area contributed by atoms with Gasteiger partial charge in [0.2, 0.25) is 15.9 Å². The first-order valence-corrected chi connectivity index (χ1v) is 11.4. The molecule has 6 nitrogen and oxygen atoms in total. The van der Waals surface area contributed by atoms with Gasteiger partial charge in [0.1, 0.15) is 6.04 Å². The monoisotopic (exact) mass is 418 g/mol. The maximum absolute atomic E-state index is 13.5. The topological polar surface area (TPSA) is 75.7 Å². The van der Waals surface area contributed by atoms with Crippen molar-refractivity contribution in [3.05, 3.63) is 29.8 Å². The molecule has 0 bridgehead atoms. The SMILES string of the molecule is C[C@@H](C(=O)NCCCOC1CCCCC1)N(c1ccc(F)c(F)c1)S(C)(=O)=O. The van der Waals surface area contributed by atoms with Crippen LogP contribution in [0.2, 0.25) is 0 Å². The van der Waals surface area contributed by atoms with Crippen LogP contribution < -0.4 is 9.62 Å². The number of carbonyl (C=O) groups is 1. The molecule has 0 spiro atoms. The summed E-state index contributed by atoms with van der Waals surface area (Å²) < 4.78 is 57.5. The van der Waals surface area contributed by atoms with Gasteiger partial charge < -0.3 is 10.1 Å². The van der Waals surface area contributed by atoms with Crippen LogP contribution in [0.4, 0.5) is 14.5 Å². The maximum atomic E-state index is 13.5. The van der Waals surface area contributed by atoms with Gasteiger partial charge in [0.15, 0.2) is 11.6 Å². The Kier molecular flexibility index (Phi) is 8.18. The van der Waals surface area contributed by atoms with Crippen LogP contribution in [0.5, 0.6) is 0 Å². The van der Waals surface area contributed by atoms with E-state index in [1.807, 2.05) is 0 Å². The lowest BCUT2D eigenvalue weighted by Gasteiger charge is -2.28. The molecule has 0 radical (unpaired) electrons. The third kappa shape index (κ3) is 6.41. The van der Waals surface area contributed by atoms with Gasteiger partial charge in [0.25, 0.3) is 0 Å². The number of hydrogen-bond acceptors (Lipinski definition) is 4. The summed E-state index contributed by atoms with van der Waals surface area (Å²) in [5.41, 5.74) is -0.107. The Morgan fingerprint density at radius 3 is 2.54 bits per heavy atom. The van der Waals surface area contributed by atoms with Crippen molar-refractivity contribution in [1.29, 1.82) is 0 Å². The third-order valence-electron chi connectivity index (χ3n) is 4.77. The van der Waals surface area contributed by atoms with Crippen molar-refractivity contribution in [2.24, 2.45) is 0 Å². The Morgan fingerprint density at radius 1 is 1.25 bits per heavy atom. The highest BCUT2D eigenvalue weighted by atomic mass is 32.2. The first kappa shape index (κ1) is 22.5. The van der Waals surface area contributed by atoms with Crippen LogP contribution in [0, 0.1) is 11.6 Å². The summed E-state index contributed by atoms with van der Waals surface area (Å²) in [5, 5.41) is 2.68. The summed E-state index contributed by atoms with van der Waals surface area (Å²) in [5.74, 6) is -2.79. The molecule has 2 rings (SSSR count). The second kappa shape index (κ2) is 10.2. The van der Waals surface area contributed by atoms with Gasteiger partial charge in [-0.2, -0.15) is 0 Å². The highest BCUT2D eigenvalue weighted by molar-refractivity contribution is 7.92. The predicted molar refractivity (Wildman–Crippen MR) is 104 cm³/mol. The lowest BCUT2D eigenvalue weighted by atomic mass is 9.98. The standard InChI is InChI=1S/C19H28F2N2O4S/c1-14(19(24)22-11-6-12-27-16-7-4-3-5-8-16)23(28(2,25)26)15-9-10-17(20)18(21)13-15/h9-10,13-14,16H,3-8,11-12H2,1-2H3,(H,22,24)/t14-/m0/s1. The zero-order valence-corrected chi connectivity index (χ0v) is 17.1. The van der Waals surface area contributed by atoms with Crippen LogP contribution in [0.25, 0.3) is 0 Å². The molecular formula is C19H28F2N2O4S. The minimum absolute atomic E-state index is 0.107. The van der Waals surface area contributed by atoms with Gasteiger partial charge in [-0.25, -0.2) is 17.2 Å². The molecule has 0 saturated heterocycles. The summed E-state index contributed by atoms with van der Waals surface area (Å²) >= 11 is 0. The second-order valence-electron chi connectivity index (χ2n) is 7.11. The zero-order valence-electron chi connectivity index (χ0n) is 16.3. The van der Waals surface area contributed by atoms with Crippen LogP contribution in [-0.2, 0) is 19.6 Å². The minimum Gasteiger partial charge on any atom is -0.378 e. The smallest absolute Gasteiger partial charge is 0.243 e. The molecule has 0 heterocycles. The van der Waals surface area contributed by atoms with Gasteiger partial charge in [-0.05, 0) is 38.3 Å². The van der Waals surface area contributed by atoms with Gasteiger partial charge in [0.05, 0.1) is 18.0 Å². The van der Waals surface area contributed by atoms with E-state index in [0.717, 1.165) is 41.6 Å². The average Bonchev–Trinajstić information content (AvgIpc) is 2.64. The Balaban J connectivity index is 1.89. The number of carbonyl (C=O) groups excluding carboxylic acids is 1. The molecule has 1 aliphatic rings. The van der Waals surface area contributed by atoms with Crippen molar-refractivity contribution in [3.63, 3.8) is 0 Å². The summed E-state index contributed by atoms with van der Waals surface area (Å²) in [6.07, 6.45) is 7.58. The van der Waals surface area contributed by atoms with Crippen LogP contribution in [0.15, 0.2) is 18.2 Å². The van der Waals surface area contributed by atoms with E-state index in [-0.39, 0.29) is 11.8 Å². The molecule has 28 heavy (non-hydrogen) atoms. The molecule has 1 N–H and O–H groups in total. The van der Waals surface area contributed by atoms with E-state index < -0.39 is 33.6 Å². The molecule has 1 saturated carbocycles. The van der Waals surface area contributed by atoms with Crippen LogP contribution in [0.1, 0.15) is 45.4 Å². The van der Waals surface area contributed by atoms with E-state index in [4.69, 9.17) is 4.74 Å². The molecule has 1 aromatic rings. The molecule has 0 aromatic heterocycles. The summed E-state index contributed by atoms with van der Waals surface area (Å²) in [4.78, 5) is 12.4. The largest absolute Gasteiger partial charge is 0.378 e. The normalized spacial score (nSPS) is 16.6. The molecule has 1 aliphatic carbocycles. The highest BCUT2D eigenvalue weighted by Crippen LogP contribution is 2.23. The number of amides is 1. The molecule has 1 amide bonds. The number of anilines is 1. The quantitative estimate of drug-likeness (QED) is 0.626. The van der Waals surface area contributed by atoms with Gasteiger partial charge >= 0.3 is 0 Å². The van der Waals surface area contributed by atoms with E-state index in [1.165, 1.54) is 26.2 Å². The highest BCUT2D eigenvalue weighted by Gasteiger charge is 2.29. The zero-order chi connectivity index (χ0) is 20.7. The Hall–Kier alpha value is -1.74. The Morgan fingerprint density at radius 2 is 1.93 bits per heavy atom. The molecule has 0 unspecified atom stereocenters. The summed E-state index contributed by atoms with van der Waals surface area (Å²) in [6.45, 7) is 2.26. The molecule has 1 aromatic carbocycles. The molecule has 1 atom stereocenters. The summed E-state index contributed by atoms with van der Waals surface area (Å²) in [7, 11) is -3.88. The predicted octanol–water partition coefficient (Wildman–Crippen LogP) is 2.97. The van der Waals surface area contributed by atoms with Gasteiger partial charge in [-0.3, -0.25) is 9.10 Å². The molecule has 158 valence electrons. The van der Waals surface area contributed by atoms with E-state index in [2.05, 4.69) is 5.32 Å². The molecule has 1 fully saturated rings. The Labute approximate surface area is 165 Å². The molecule has 0 aliphatic heterocycles. The van der Waals surface area contributed by atoms with Gasteiger partial charge in [0, 0.05) is 19.2 Å². The number of nitrogens with one attached hydrogen (secondary N) is 1. The maximum Gasteiger partial charge on any atom is 0.243 e. The number of nitrogens with zero attached hydrogens (tertiary/aromatic N) is 1. The summed E-state index contributed by atoms with van der Waals surface area (Å²) in [6, 6.07) is 1.61. The number of rotatable bonds is 9. The van der Waals surface area contributed by atoms with Crippen molar-refractivity contribution in [2.75, 3.05) is 23.7 Å². The van der Waals surface area contributed by atoms with E-state index in [0.29, 0.717) is 19.6 Å². The first-order chi connectivity index (χ1) is 13.2. The lowest BCUT2D eigenvalue weighted by Crippen LogP contribution is -2.48. The second-order valence-corrected chi connectivity index (χ2v) is 8.97. The van der Waals surface area contributed by atoms with Crippen molar-refractivity contribution < 1.29 is 26.7 Å². The molecule has 9 heteroatoms. The number of hydrogen-bond donors (Lipinski definition) is 1. The first-order valence-electron chi connectivity index (χ1n) is 9.54. The van der Waals surface area contributed by atoms with Crippen molar-refractivity contribution in [2.45, 2.75) is 57.6 Å². The minimum atomic E-state index is -3.88. The number of sulfonamides is 1. The van der Waals surface area contributed by atoms with E-state index in [9.17, 15) is 22.0 Å². The Bertz CT molecular complexity index is 767. The van der Waals surface area contributed by atoms with Crippen molar-refractivity contribution in [3.8, 4) is 0 Å². The molecular weight excluding hydrogens is 390 g/mol. The number of ether oxygens (including phenoxy) is 1. The van der Waals surface area contributed by atoms with Gasteiger partial charge in [-0.15, -0.1) is 0 Å². The average molecular weight is 419 g/mol. The van der Waals surface area contributed by atoms with Crippen molar-refractivity contribution >= 4 is 21.6 Å². The van der Waals surface area contributed by atoms with E-state index in [1.54, 1.807) is 0 Å². The lowest BCUT2D eigenvalue weighted by molar-refractivity contribution is -0.121. The third-order valence-corrected chi connectivity index (χ3v) is 6.01. The number of benzene rings is 1. The van der Waals surface area contributed by atoms with Gasteiger partial charge in [-0.1, -0.05) is 19.3 Å². The van der Waals surface area contributed by atoms with Crippen LogP contribution >= 0.6 is 0 Å². The fourth-order valence-electron chi connectivity index (χ4n) is 3.34.